The van der Waals surface area contributed by atoms with Gasteiger partial charge in [-0.2, -0.15) is 0 Å². The Labute approximate surface area is 78.0 Å². The Morgan fingerprint density at radius 3 is 2.38 bits per heavy atom. The molecule has 0 atom stereocenters. The van der Waals surface area contributed by atoms with E-state index in [4.69, 9.17) is 10.5 Å². The molecule has 1 aromatic rings. The molecule has 0 aliphatic carbocycles. The second-order valence-electron chi connectivity index (χ2n) is 3.26. The van der Waals surface area contributed by atoms with Crippen LogP contribution in [0.5, 0.6) is 0 Å². The molecule has 0 unspecified atom stereocenters. The van der Waals surface area contributed by atoms with E-state index in [9.17, 15) is 0 Å². The highest BCUT2D eigenvalue weighted by molar-refractivity contribution is 5.49. The molecule has 0 bridgehead atoms. The zero-order chi connectivity index (χ0) is 9.10. The van der Waals surface area contributed by atoms with Crippen LogP contribution in [0.25, 0.3) is 6.08 Å². The van der Waals surface area contributed by atoms with Crippen LogP contribution in [0.15, 0.2) is 30.5 Å². The number of rotatable bonds is 2. The molecular formula is C11H13NO. The van der Waals surface area contributed by atoms with Crippen molar-refractivity contribution in [3.8, 4) is 0 Å². The standard InChI is InChI=1S/C11H13NO/c12-6-5-9-1-3-10(4-2-9)11-7-13-8-11/h1-6,11H,7-8,12H2/b6-5+. The van der Waals surface area contributed by atoms with Gasteiger partial charge in [-0.1, -0.05) is 24.3 Å². The van der Waals surface area contributed by atoms with Gasteiger partial charge in [-0.3, -0.25) is 0 Å². The minimum Gasteiger partial charge on any atom is -0.405 e. The maximum Gasteiger partial charge on any atom is 0.0557 e. The summed E-state index contributed by atoms with van der Waals surface area (Å²) in [6.45, 7) is 1.73. The Kier molecular flexibility index (Phi) is 2.32. The van der Waals surface area contributed by atoms with E-state index in [2.05, 4.69) is 24.3 Å². The van der Waals surface area contributed by atoms with Crippen LogP contribution in [0.1, 0.15) is 17.0 Å². The average Bonchev–Trinajstić information content (AvgIpc) is 2.06. The minimum absolute atomic E-state index is 0.607. The molecule has 2 N–H and O–H groups in total. The van der Waals surface area contributed by atoms with Crippen molar-refractivity contribution in [1.82, 2.24) is 0 Å². The summed E-state index contributed by atoms with van der Waals surface area (Å²) in [5, 5.41) is 0. The third-order valence-electron chi connectivity index (χ3n) is 2.33. The molecule has 1 heterocycles. The first kappa shape index (κ1) is 8.32. The summed E-state index contributed by atoms with van der Waals surface area (Å²) < 4.78 is 5.13. The summed E-state index contributed by atoms with van der Waals surface area (Å²) in [7, 11) is 0. The van der Waals surface area contributed by atoms with Crippen molar-refractivity contribution >= 4 is 6.08 Å². The first-order valence-electron chi connectivity index (χ1n) is 4.46. The minimum atomic E-state index is 0.607. The van der Waals surface area contributed by atoms with Gasteiger partial charge < -0.3 is 10.5 Å². The van der Waals surface area contributed by atoms with Crippen LogP contribution >= 0.6 is 0 Å². The molecule has 1 aliphatic heterocycles. The molecule has 0 amide bonds. The van der Waals surface area contributed by atoms with Crippen molar-refractivity contribution in [2.45, 2.75) is 5.92 Å². The maximum atomic E-state index is 5.30. The van der Waals surface area contributed by atoms with Gasteiger partial charge in [-0.15, -0.1) is 0 Å². The third kappa shape index (κ3) is 1.73. The number of hydrogen-bond acceptors (Lipinski definition) is 2. The average molecular weight is 175 g/mol. The van der Waals surface area contributed by atoms with Gasteiger partial charge in [0.05, 0.1) is 13.2 Å². The van der Waals surface area contributed by atoms with E-state index in [0.717, 1.165) is 18.8 Å². The van der Waals surface area contributed by atoms with E-state index in [1.807, 2.05) is 6.08 Å². The molecule has 1 aromatic carbocycles. The topological polar surface area (TPSA) is 35.2 Å². The zero-order valence-electron chi connectivity index (χ0n) is 7.44. The fourth-order valence-electron chi connectivity index (χ4n) is 1.42. The van der Waals surface area contributed by atoms with E-state index in [1.54, 1.807) is 6.20 Å². The molecule has 13 heavy (non-hydrogen) atoms. The van der Waals surface area contributed by atoms with Crippen LogP contribution in [0.4, 0.5) is 0 Å². The molecule has 0 aromatic heterocycles. The molecule has 1 saturated heterocycles. The van der Waals surface area contributed by atoms with Gasteiger partial charge in [0.1, 0.15) is 0 Å². The molecule has 2 heteroatoms. The van der Waals surface area contributed by atoms with Crippen molar-refractivity contribution in [2.24, 2.45) is 5.73 Å². The second-order valence-corrected chi connectivity index (χ2v) is 3.26. The largest absolute Gasteiger partial charge is 0.405 e. The lowest BCUT2D eigenvalue weighted by Gasteiger charge is -2.26. The summed E-state index contributed by atoms with van der Waals surface area (Å²) in [4.78, 5) is 0. The summed E-state index contributed by atoms with van der Waals surface area (Å²) >= 11 is 0. The molecule has 2 nitrogen and oxygen atoms in total. The highest BCUT2D eigenvalue weighted by atomic mass is 16.5. The van der Waals surface area contributed by atoms with Gasteiger partial charge in [0, 0.05) is 5.92 Å². The summed E-state index contributed by atoms with van der Waals surface area (Å²) in [5.41, 5.74) is 7.80. The van der Waals surface area contributed by atoms with Crippen LogP contribution in [-0.4, -0.2) is 13.2 Å². The molecule has 0 saturated carbocycles. The Bertz CT molecular complexity index is 298. The molecular weight excluding hydrogens is 162 g/mol. The number of hydrogen-bond donors (Lipinski definition) is 1. The third-order valence-corrected chi connectivity index (χ3v) is 2.33. The van der Waals surface area contributed by atoms with Crippen LogP contribution in [0, 0.1) is 0 Å². The molecule has 2 rings (SSSR count). The van der Waals surface area contributed by atoms with E-state index in [0.29, 0.717) is 5.92 Å². The molecule has 0 radical (unpaired) electrons. The predicted molar refractivity (Wildman–Crippen MR) is 53.2 cm³/mol. The van der Waals surface area contributed by atoms with Gasteiger partial charge in [-0.25, -0.2) is 0 Å². The lowest BCUT2D eigenvalue weighted by atomic mass is 9.97. The van der Waals surface area contributed by atoms with Crippen molar-refractivity contribution in [3.05, 3.63) is 41.6 Å². The Morgan fingerprint density at radius 1 is 1.23 bits per heavy atom. The molecule has 1 fully saturated rings. The number of ether oxygens (including phenoxy) is 1. The predicted octanol–water partition coefficient (Wildman–Crippen LogP) is 1.73. The molecule has 1 aliphatic rings. The quantitative estimate of drug-likeness (QED) is 0.743. The first-order chi connectivity index (χ1) is 6.40. The summed E-state index contributed by atoms with van der Waals surface area (Å²) in [5.74, 6) is 0.607. The van der Waals surface area contributed by atoms with Crippen LogP contribution in [0.2, 0.25) is 0 Å². The van der Waals surface area contributed by atoms with E-state index in [1.165, 1.54) is 5.56 Å². The fourth-order valence-corrected chi connectivity index (χ4v) is 1.42. The van der Waals surface area contributed by atoms with Gasteiger partial charge in [0.25, 0.3) is 0 Å². The highest BCUT2D eigenvalue weighted by Gasteiger charge is 2.19. The maximum absolute atomic E-state index is 5.30. The second kappa shape index (κ2) is 3.62. The van der Waals surface area contributed by atoms with Crippen molar-refractivity contribution in [2.75, 3.05) is 13.2 Å². The van der Waals surface area contributed by atoms with Crippen molar-refractivity contribution in [1.29, 1.82) is 0 Å². The van der Waals surface area contributed by atoms with Gasteiger partial charge >= 0.3 is 0 Å². The monoisotopic (exact) mass is 175 g/mol. The van der Waals surface area contributed by atoms with Crippen molar-refractivity contribution < 1.29 is 4.74 Å². The fraction of sp³-hybridized carbons (Fsp3) is 0.273. The smallest absolute Gasteiger partial charge is 0.0557 e. The van der Waals surface area contributed by atoms with E-state index < -0.39 is 0 Å². The van der Waals surface area contributed by atoms with E-state index in [-0.39, 0.29) is 0 Å². The van der Waals surface area contributed by atoms with Crippen molar-refractivity contribution in [3.63, 3.8) is 0 Å². The first-order valence-corrected chi connectivity index (χ1v) is 4.46. The lowest BCUT2D eigenvalue weighted by molar-refractivity contribution is 0.00842. The summed E-state index contributed by atoms with van der Waals surface area (Å²) in [6, 6.07) is 8.44. The lowest BCUT2D eigenvalue weighted by Crippen LogP contribution is -2.24. The zero-order valence-corrected chi connectivity index (χ0v) is 7.44. The van der Waals surface area contributed by atoms with Crippen LogP contribution in [-0.2, 0) is 4.74 Å². The van der Waals surface area contributed by atoms with Crippen LogP contribution < -0.4 is 5.73 Å². The number of benzene rings is 1. The molecule has 0 spiro atoms. The SMILES string of the molecule is N/C=C/c1ccc(C2COC2)cc1. The van der Waals surface area contributed by atoms with E-state index >= 15 is 0 Å². The van der Waals surface area contributed by atoms with Gasteiger partial charge in [0.15, 0.2) is 0 Å². The van der Waals surface area contributed by atoms with Gasteiger partial charge in [0.2, 0.25) is 0 Å². The van der Waals surface area contributed by atoms with Crippen LogP contribution in [0.3, 0.4) is 0 Å². The molecule has 68 valence electrons. The highest BCUT2D eigenvalue weighted by Crippen LogP contribution is 2.23. The Balaban J connectivity index is 2.13. The normalized spacial score (nSPS) is 17.5. The number of nitrogens with two attached hydrogens (primary N) is 1. The summed E-state index contributed by atoms with van der Waals surface area (Å²) in [6.07, 6.45) is 3.45. The Hall–Kier alpha value is -1.28. The Morgan fingerprint density at radius 2 is 1.92 bits per heavy atom. The van der Waals surface area contributed by atoms with Gasteiger partial charge in [-0.05, 0) is 23.4 Å².